The van der Waals surface area contributed by atoms with E-state index in [1.807, 2.05) is 26.0 Å². The van der Waals surface area contributed by atoms with Crippen molar-refractivity contribution in [3.8, 4) is 0 Å². The highest BCUT2D eigenvalue weighted by Crippen LogP contribution is 2.30. The number of carbonyl (C=O) groups is 1. The molecule has 0 saturated heterocycles. The van der Waals surface area contributed by atoms with Crippen LogP contribution < -0.4 is 0 Å². The van der Waals surface area contributed by atoms with Crippen LogP contribution in [0.1, 0.15) is 67.2 Å². The number of aromatic nitrogens is 2. The molecule has 5 nitrogen and oxygen atoms in total. The first-order valence-electron chi connectivity index (χ1n) is 7.07. The van der Waals surface area contributed by atoms with E-state index in [0.717, 1.165) is 5.56 Å². The van der Waals surface area contributed by atoms with Crippen LogP contribution in [0, 0.1) is 5.92 Å². The normalized spacial score (nSPS) is 12.9. The average molecular weight is 288 g/mol. The molecule has 5 heteroatoms. The van der Waals surface area contributed by atoms with E-state index >= 15 is 0 Å². The number of hydrogen-bond donors (Lipinski definition) is 1. The molecule has 0 aliphatic heterocycles. The molecule has 0 amide bonds. The quantitative estimate of drug-likeness (QED) is 0.908. The maximum absolute atomic E-state index is 10.9. The summed E-state index contributed by atoms with van der Waals surface area (Å²) in [6.07, 6.45) is 0. The molecular weight excluding hydrogens is 268 g/mol. The zero-order chi connectivity index (χ0) is 15.6. The van der Waals surface area contributed by atoms with Crippen molar-refractivity contribution >= 4 is 5.97 Å². The van der Waals surface area contributed by atoms with E-state index in [1.165, 1.54) is 0 Å². The Morgan fingerprint density at radius 1 is 1.14 bits per heavy atom. The Labute approximate surface area is 124 Å². The zero-order valence-corrected chi connectivity index (χ0v) is 12.7. The van der Waals surface area contributed by atoms with E-state index in [1.54, 1.807) is 12.1 Å². The van der Waals surface area contributed by atoms with Gasteiger partial charge in [0.05, 0.1) is 5.56 Å². The van der Waals surface area contributed by atoms with Gasteiger partial charge in [0, 0.05) is 11.8 Å². The molecule has 2 aromatic rings. The fourth-order valence-electron chi connectivity index (χ4n) is 2.27. The second kappa shape index (κ2) is 6.08. The number of benzene rings is 1. The van der Waals surface area contributed by atoms with E-state index < -0.39 is 5.97 Å². The van der Waals surface area contributed by atoms with E-state index in [9.17, 15) is 4.79 Å². The van der Waals surface area contributed by atoms with Crippen LogP contribution in [-0.2, 0) is 0 Å². The van der Waals surface area contributed by atoms with Crippen molar-refractivity contribution in [1.29, 1.82) is 0 Å². The summed E-state index contributed by atoms with van der Waals surface area (Å²) in [5.41, 5.74) is 1.27. The van der Waals surface area contributed by atoms with Crippen molar-refractivity contribution < 1.29 is 14.4 Å². The van der Waals surface area contributed by atoms with Gasteiger partial charge in [0.25, 0.3) is 0 Å². The molecule has 0 aliphatic rings. The molecule has 0 bridgehead atoms. The lowest BCUT2D eigenvalue weighted by Gasteiger charge is -2.17. The predicted octanol–water partition coefficient (Wildman–Crippen LogP) is 3.68. The Hall–Kier alpha value is -2.17. The number of carboxylic acid groups (broad SMARTS) is 1. The number of carboxylic acids is 1. The van der Waals surface area contributed by atoms with Gasteiger partial charge in [0.2, 0.25) is 5.89 Å². The van der Waals surface area contributed by atoms with E-state index in [-0.39, 0.29) is 23.3 Å². The lowest BCUT2D eigenvalue weighted by Crippen LogP contribution is -2.11. The molecule has 0 radical (unpaired) electrons. The number of rotatable bonds is 5. The maximum Gasteiger partial charge on any atom is 0.335 e. The van der Waals surface area contributed by atoms with Gasteiger partial charge in [0.1, 0.15) is 0 Å². The first-order valence-corrected chi connectivity index (χ1v) is 7.07. The average Bonchev–Trinajstić information content (AvgIpc) is 2.88. The molecule has 112 valence electrons. The molecule has 1 N–H and O–H groups in total. The van der Waals surface area contributed by atoms with Crippen LogP contribution in [0.5, 0.6) is 0 Å². The molecule has 0 saturated carbocycles. The second-order valence-electron chi connectivity index (χ2n) is 5.79. The van der Waals surface area contributed by atoms with Crippen LogP contribution in [0.25, 0.3) is 0 Å². The van der Waals surface area contributed by atoms with Crippen LogP contribution >= 0.6 is 0 Å². The van der Waals surface area contributed by atoms with Crippen molar-refractivity contribution in [2.24, 2.45) is 5.92 Å². The summed E-state index contributed by atoms with van der Waals surface area (Å²) in [7, 11) is 0. The third-order valence-corrected chi connectivity index (χ3v) is 3.41. The molecule has 1 atom stereocenters. The van der Waals surface area contributed by atoms with Gasteiger partial charge in [-0.25, -0.2) is 4.79 Å². The maximum atomic E-state index is 10.9. The molecule has 0 fully saturated rings. The molecule has 1 aromatic carbocycles. The minimum atomic E-state index is -0.927. The second-order valence-corrected chi connectivity index (χ2v) is 5.79. The third kappa shape index (κ3) is 3.29. The van der Waals surface area contributed by atoms with Crippen LogP contribution in [0.2, 0.25) is 0 Å². The zero-order valence-electron chi connectivity index (χ0n) is 12.7. The summed E-state index contributed by atoms with van der Waals surface area (Å²) in [5.74, 6) is 0.801. The Bertz CT molecular complexity index is 615. The van der Waals surface area contributed by atoms with Crippen LogP contribution in [0.15, 0.2) is 28.8 Å². The minimum Gasteiger partial charge on any atom is -0.478 e. The first kappa shape index (κ1) is 15.2. The largest absolute Gasteiger partial charge is 0.478 e. The van der Waals surface area contributed by atoms with Crippen molar-refractivity contribution in [2.75, 3.05) is 0 Å². The van der Waals surface area contributed by atoms with Crippen molar-refractivity contribution in [2.45, 2.75) is 39.5 Å². The lowest BCUT2D eigenvalue weighted by molar-refractivity contribution is 0.0697. The summed E-state index contributed by atoms with van der Waals surface area (Å²) in [6.45, 7) is 8.18. The third-order valence-electron chi connectivity index (χ3n) is 3.41. The smallest absolute Gasteiger partial charge is 0.335 e. The number of hydrogen-bond acceptors (Lipinski definition) is 4. The summed E-state index contributed by atoms with van der Waals surface area (Å²) < 4.78 is 5.29. The highest BCUT2D eigenvalue weighted by Gasteiger charge is 2.24. The summed E-state index contributed by atoms with van der Waals surface area (Å²) in [4.78, 5) is 15.4. The minimum absolute atomic E-state index is 0.0101. The summed E-state index contributed by atoms with van der Waals surface area (Å²) in [5, 5.41) is 13.1. The highest BCUT2D eigenvalue weighted by atomic mass is 16.5. The molecule has 21 heavy (non-hydrogen) atoms. The van der Waals surface area contributed by atoms with Gasteiger partial charge < -0.3 is 9.63 Å². The van der Waals surface area contributed by atoms with E-state index in [2.05, 4.69) is 24.0 Å². The van der Waals surface area contributed by atoms with Gasteiger partial charge in [-0.05, 0) is 23.6 Å². The van der Waals surface area contributed by atoms with Crippen molar-refractivity contribution in [3.63, 3.8) is 0 Å². The molecule has 1 aromatic heterocycles. The molecule has 0 spiro atoms. The van der Waals surface area contributed by atoms with Crippen LogP contribution in [0.4, 0.5) is 0 Å². The van der Waals surface area contributed by atoms with Crippen molar-refractivity contribution in [3.05, 3.63) is 47.1 Å². The fourth-order valence-corrected chi connectivity index (χ4v) is 2.27. The van der Waals surface area contributed by atoms with Gasteiger partial charge in [-0.3, -0.25) is 0 Å². The van der Waals surface area contributed by atoms with Gasteiger partial charge >= 0.3 is 5.97 Å². The standard InChI is InChI=1S/C16H20N2O3/c1-9(2)13(14-17-15(10(3)4)21-18-14)11-5-7-12(8-6-11)16(19)20/h5-10,13H,1-4H3,(H,19,20). The van der Waals surface area contributed by atoms with E-state index in [0.29, 0.717) is 11.7 Å². The Kier molecular flexibility index (Phi) is 4.40. The monoisotopic (exact) mass is 288 g/mol. The number of nitrogens with zero attached hydrogens (tertiary/aromatic N) is 2. The highest BCUT2D eigenvalue weighted by molar-refractivity contribution is 5.87. The Morgan fingerprint density at radius 3 is 2.19 bits per heavy atom. The number of aromatic carboxylic acids is 1. The summed E-state index contributed by atoms with van der Waals surface area (Å²) in [6, 6.07) is 6.85. The molecule has 1 heterocycles. The Balaban J connectivity index is 2.36. The van der Waals surface area contributed by atoms with Gasteiger partial charge in [-0.2, -0.15) is 4.98 Å². The topological polar surface area (TPSA) is 76.2 Å². The van der Waals surface area contributed by atoms with E-state index in [4.69, 9.17) is 9.63 Å². The first-order chi connectivity index (χ1) is 9.90. The molecule has 1 unspecified atom stereocenters. The molecule has 0 aliphatic carbocycles. The van der Waals surface area contributed by atoms with Crippen LogP contribution in [-0.4, -0.2) is 21.2 Å². The fraction of sp³-hybridized carbons (Fsp3) is 0.438. The van der Waals surface area contributed by atoms with Gasteiger partial charge in [-0.1, -0.05) is 45.0 Å². The molecular formula is C16H20N2O3. The lowest BCUT2D eigenvalue weighted by atomic mass is 9.87. The SMILES string of the molecule is CC(C)c1nc(C(c2ccc(C(=O)O)cc2)C(C)C)no1. The van der Waals surface area contributed by atoms with Crippen molar-refractivity contribution in [1.82, 2.24) is 10.1 Å². The Morgan fingerprint density at radius 2 is 1.76 bits per heavy atom. The predicted molar refractivity (Wildman–Crippen MR) is 78.5 cm³/mol. The van der Waals surface area contributed by atoms with Crippen LogP contribution in [0.3, 0.4) is 0 Å². The summed E-state index contributed by atoms with van der Waals surface area (Å²) >= 11 is 0. The van der Waals surface area contributed by atoms with Gasteiger partial charge in [-0.15, -0.1) is 0 Å². The molecule has 2 rings (SSSR count). The van der Waals surface area contributed by atoms with Gasteiger partial charge in [0.15, 0.2) is 5.82 Å².